The van der Waals surface area contributed by atoms with Gasteiger partial charge in [-0.1, -0.05) is 86.8 Å². The number of rotatable bonds is 13. The molecule has 0 aliphatic heterocycles. The molecular weight excluding hydrogens is 440 g/mol. The first-order valence-electron chi connectivity index (χ1n) is 12.9. The Morgan fingerprint density at radius 1 is 1.03 bits per heavy atom. The van der Waals surface area contributed by atoms with Gasteiger partial charge in [0.15, 0.2) is 6.10 Å². The Labute approximate surface area is 209 Å². The Morgan fingerprint density at radius 2 is 1.69 bits per heavy atom. The number of hydrogen-bond donors (Lipinski definition) is 3. The van der Waals surface area contributed by atoms with E-state index in [1.54, 1.807) is 0 Å². The van der Waals surface area contributed by atoms with Crippen molar-refractivity contribution in [2.24, 2.45) is 5.41 Å². The molecule has 1 saturated carbocycles. The summed E-state index contributed by atoms with van der Waals surface area (Å²) >= 11 is 0. The van der Waals surface area contributed by atoms with Crippen LogP contribution in [0.2, 0.25) is 0 Å². The summed E-state index contributed by atoms with van der Waals surface area (Å²) in [7, 11) is 0. The third kappa shape index (κ3) is 8.10. The van der Waals surface area contributed by atoms with Crippen molar-refractivity contribution < 1.29 is 19.4 Å². The van der Waals surface area contributed by atoms with Crippen LogP contribution in [0.5, 0.6) is 0 Å². The van der Waals surface area contributed by atoms with Crippen LogP contribution in [0.15, 0.2) is 60.7 Å². The van der Waals surface area contributed by atoms with E-state index in [9.17, 15) is 14.7 Å². The number of carbonyl (C=O) groups excluding carboxylic acids is 2. The SMILES string of the molecule is CCCC[C@H](NC(=O)OCC1(CCc2ccccc2)CCC1)C(O)C(=O)N[C@H](C)c1ccccc1. The molecule has 1 unspecified atom stereocenters. The van der Waals surface area contributed by atoms with Crippen LogP contribution in [0, 0.1) is 5.41 Å². The molecule has 1 aliphatic carbocycles. The molecule has 190 valence electrons. The Hall–Kier alpha value is -2.86. The Balaban J connectivity index is 1.51. The van der Waals surface area contributed by atoms with Crippen molar-refractivity contribution in [3.05, 3.63) is 71.8 Å². The first-order valence-corrected chi connectivity index (χ1v) is 12.9. The van der Waals surface area contributed by atoms with Gasteiger partial charge in [0, 0.05) is 5.41 Å². The number of alkyl carbamates (subject to hydrolysis) is 1. The van der Waals surface area contributed by atoms with Gasteiger partial charge in [0.2, 0.25) is 0 Å². The van der Waals surface area contributed by atoms with Crippen molar-refractivity contribution >= 4 is 12.0 Å². The average Bonchev–Trinajstić information content (AvgIpc) is 2.86. The highest BCUT2D eigenvalue weighted by Gasteiger charge is 2.38. The summed E-state index contributed by atoms with van der Waals surface area (Å²) < 4.78 is 5.64. The molecule has 2 aromatic carbocycles. The first-order chi connectivity index (χ1) is 16.9. The molecule has 3 rings (SSSR count). The van der Waals surface area contributed by atoms with Gasteiger partial charge >= 0.3 is 6.09 Å². The molecule has 6 heteroatoms. The number of benzene rings is 2. The minimum absolute atomic E-state index is 0.0210. The predicted molar refractivity (Wildman–Crippen MR) is 138 cm³/mol. The average molecular weight is 481 g/mol. The summed E-state index contributed by atoms with van der Waals surface area (Å²) in [5, 5.41) is 16.4. The molecule has 0 heterocycles. The second kappa shape index (κ2) is 13.3. The molecule has 0 aromatic heterocycles. The van der Waals surface area contributed by atoms with E-state index >= 15 is 0 Å². The predicted octanol–water partition coefficient (Wildman–Crippen LogP) is 5.31. The highest BCUT2D eigenvalue weighted by atomic mass is 16.5. The lowest BCUT2D eigenvalue weighted by molar-refractivity contribution is -0.131. The third-order valence-corrected chi connectivity index (χ3v) is 7.19. The highest BCUT2D eigenvalue weighted by Crippen LogP contribution is 2.45. The van der Waals surface area contributed by atoms with Crippen LogP contribution in [0.1, 0.15) is 76.0 Å². The number of hydrogen-bond acceptors (Lipinski definition) is 4. The summed E-state index contributed by atoms with van der Waals surface area (Å²) in [6, 6.07) is 19.0. The van der Waals surface area contributed by atoms with Gasteiger partial charge in [-0.25, -0.2) is 4.79 Å². The van der Waals surface area contributed by atoms with Crippen LogP contribution in [-0.4, -0.2) is 35.9 Å². The highest BCUT2D eigenvalue weighted by molar-refractivity contribution is 5.82. The van der Waals surface area contributed by atoms with Crippen LogP contribution in [0.25, 0.3) is 0 Å². The van der Waals surface area contributed by atoms with Gasteiger partial charge in [-0.15, -0.1) is 0 Å². The number of aryl methyl sites for hydroxylation is 1. The van der Waals surface area contributed by atoms with E-state index in [1.807, 2.05) is 62.4 Å². The fourth-order valence-corrected chi connectivity index (χ4v) is 4.65. The fraction of sp³-hybridized carbons (Fsp3) is 0.517. The molecule has 2 aromatic rings. The normalized spacial score (nSPS) is 16.9. The van der Waals surface area contributed by atoms with Crippen LogP contribution in [-0.2, 0) is 16.0 Å². The van der Waals surface area contributed by atoms with E-state index in [-0.39, 0.29) is 11.5 Å². The maximum atomic E-state index is 12.8. The van der Waals surface area contributed by atoms with Gasteiger partial charge in [0.1, 0.15) is 0 Å². The van der Waals surface area contributed by atoms with Crippen LogP contribution in [0.4, 0.5) is 4.79 Å². The zero-order valence-electron chi connectivity index (χ0n) is 21.0. The van der Waals surface area contributed by atoms with Crippen LogP contribution < -0.4 is 10.6 Å². The van der Waals surface area contributed by atoms with Crippen molar-refractivity contribution in [1.82, 2.24) is 10.6 Å². The second-order valence-electron chi connectivity index (χ2n) is 9.89. The number of amides is 2. The third-order valence-electron chi connectivity index (χ3n) is 7.19. The zero-order chi connectivity index (χ0) is 25.1. The van der Waals surface area contributed by atoms with E-state index in [0.29, 0.717) is 13.0 Å². The van der Waals surface area contributed by atoms with Crippen molar-refractivity contribution in [1.29, 1.82) is 0 Å². The zero-order valence-corrected chi connectivity index (χ0v) is 21.0. The first kappa shape index (κ1) is 26.7. The molecular formula is C29H40N2O4. The van der Waals surface area contributed by atoms with Crippen molar-refractivity contribution in [3.8, 4) is 0 Å². The van der Waals surface area contributed by atoms with Crippen molar-refractivity contribution in [2.45, 2.75) is 83.4 Å². The number of aliphatic hydroxyl groups is 1. The molecule has 0 bridgehead atoms. The van der Waals surface area contributed by atoms with Crippen LogP contribution >= 0.6 is 0 Å². The smallest absolute Gasteiger partial charge is 0.407 e. The van der Waals surface area contributed by atoms with Gasteiger partial charge < -0.3 is 20.5 Å². The van der Waals surface area contributed by atoms with E-state index in [1.165, 1.54) is 5.56 Å². The molecule has 3 atom stereocenters. The quantitative estimate of drug-likeness (QED) is 0.362. The van der Waals surface area contributed by atoms with Gasteiger partial charge in [0.05, 0.1) is 18.7 Å². The summed E-state index contributed by atoms with van der Waals surface area (Å²) in [6.07, 6.45) is 5.45. The Morgan fingerprint density at radius 3 is 2.29 bits per heavy atom. The minimum atomic E-state index is -1.35. The van der Waals surface area contributed by atoms with Gasteiger partial charge in [-0.2, -0.15) is 0 Å². The van der Waals surface area contributed by atoms with Gasteiger partial charge in [0.25, 0.3) is 5.91 Å². The minimum Gasteiger partial charge on any atom is -0.449 e. The number of aliphatic hydroxyl groups excluding tert-OH is 1. The molecule has 1 fully saturated rings. The monoisotopic (exact) mass is 480 g/mol. The number of carbonyl (C=O) groups is 2. The van der Waals surface area contributed by atoms with Gasteiger partial charge in [-0.05, 0) is 50.2 Å². The number of unbranched alkanes of at least 4 members (excludes halogenated alkanes) is 1. The number of ether oxygens (including phenoxy) is 1. The van der Waals surface area contributed by atoms with E-state index in [0.717, 1.165) is 50.5 Å². The molecule has 3 N–H and O–H groups in total. The van der Waals surface area contributed by atoms with E-state index < -0.39 is 24.1 Å². The molecule has 1 aliphatic rings. The molecule has 0 saturated heterocycles. The van der Waals surface area contributed by atoms with Crippen molar-refractivity contribution in [2.75, 3.05) is 6.61 Å². The molecule has 0 spiro atoms. The summed E-state index contributed by atoms with van der Waals surface area (Å²) in [5.74, 6) is -0.499. The van der Waals surface area contributed by atoms with Crippen molar-refractivity contribution in [3.63, 3.8) is 0 Å². The fourth-order valence-electron chi connectivity index (χ4n) is 4.65. The largest absolute Gasteiger partial charge is 0.449 e. The molecule has 0 radical (unpaired) electrons. The lowest BCUT2D eigenvalue weighted by Gasteiger charge is -2.41. The van der Waals surface area contributed by atoms with Crippen LogP contribution in [0.3, 0.4) is 0 Å². The Kier molecular flexibility index (Phi) is 10.2. The Bertz CT molecular complexity index is 915. The second-order valence-corrected chi connectivity index (χ2v) is 9.89. The molecule has 2 amide bonds. The topological polar surface area (TPSA) is 87.7 Å². The summed E-state index contributed by atoms with van der Waals surface area (Å²) in [5.41, 5.74) is 2.27. The number of nitrogens with one attached hydrogen (secondary N) is 2. The van der Waals surface area contributed by atoms with E-state index in [2.05, 4.69) is 22.8 Å². The maximum Gasteiger partial charge on any atom is 0.407 e. The van der Waals surface area contributed by atoms with E-state index in [4.69, 9.17) is 4.74 Å². The molecule has 35 heavy (non-hydrogen) atoms. The lowest BCUT2D eigenvalue weighted by atomic mass is 9.66. The summed E-state index contributed by atoms with van der Waals surface area (Å²) in [6.45, 7) is 4.27. The molecule has 6 nitrogen and oxygen atoms in total. The van der Waals surface area contributed by atoms with Gasteiger partial charge in [-0.3, -0.25) is 4.79 Å². The standard InChI is InChI=1S/C29H40N2O4/c1-3-4-16-25(26(32)27(33)30-22(2)24-14-9-6-10-15-24)31-28(34)35-21-29(18-11-19-29)20-17-23-12-7-5-8-13-23/h5-10,12-15,22,25-26,32H,3-4,11,16-21H2,1-2H3,(H,30,33)(H,31,34)/t22-,25+,26?/m1/s1. The maximum absolute atomic E-state index is 12.8. The summed E-state index contributed by atoms with van der Waals surface area (Å²) in [4.78, 5) is 25.4. The lowest BCUT2D eigenvalue weighted by Crippen LogP contribution is -2.51.